The third kappa shape index (κ3) is 9.17. The SMILES string of the molecule is CC(=O)O.C[C@H](N)C(=O)Nc1ccccc1CCC(=O)O. The van der Waals surface area contributed by atoms with E-state index in [9.17, 15) is 9.59 Å². The Hall–Kier alpha value is -2.41. The Morgan fingerprint density at radius 2 is 1.76 bits per heavy atom. The minimum atomic E-state index is -0.863. The van der Waals surface area contributed by atoms with E-state index in [1.54, 1.807) is 31.2 Å². The first-order valence-electron chi connectivity index (χ1n) is 6.29. The second-order valence-corrected chi connectivity index (χ2v) is 4.35. The van der Waals surface area contributed by atoms with E-state index >= 15 is 0 Å². The van der Waals surface area contributed by atoms with Gasteiger partial charge in [0.15, 0.2) is 0 Å². The van der Waals surface area contributed by atoms with Crippen LogP contribution in [-0.2, 0) is 20.8 Å². The van der Waals surface area contributed by atoms with Gasteiger partial charge in [-0.2, -0.15) is 0 Å². The highest BCUT2D eigenvalue weighted by Gasteiger charge is 2.10. The molecule has 0 unspecified atom stereocenters. The zero-order valence-corrected chi connectivity index (χ0v) is 12.0. The molecule has 0 aliphatic carbocycles. The maximum Gasteiger partial charge on any atom is 0.303 e. The van der Waals surface area contributed by atoms with Crippen LogP contribution in [0.4, 0.5) is 5.69 Å². The lowest BCUT2D eigenvalue weighted by Crippen LogP contribution is -2.32. The minimum Gasteiger partial charge on any atom is -0.481 e. The molecule has 0 spiro atoms. The number of para-hydroxylation sites is 1. The summed E-state index contributed by atoms with van der Waals surface area (Å²) in [5, 5.41) is 18.7. The van der Waals surface area contributed by atoms with Crippen LogP contribution in [0.1, 0.15) is 25.8 Å². The van der Waals surface area contributed by atoms with Crippen molar-refractivity contribution in [1.82, 2.24) is 0 Å². The molecule has 0 saturated carbocycles. The summed E-state index contributed by atoms with van der Waals surface area (Å²) in [6.45, 7) is 2.68. The van der Waals surface area contributed by atoms with Crippen molar-refractivity contribution in [2.24, 2.45) is 5.73 Å². The fourth-order valence-electron chi connectivity index (χ4n) is 1.35. The zero-order chi connectivity index (χ0) is 16.4. The molecule has 1 atom stereocenters. The number of rotatable bonds is 5. The molecule has 0 heterocycles. The van der Waals surface area contributed by atoms with Crippen LogP contribution in [0.15, 0.2) is 24.3 Å². The molecular formula is C14H20N2O5. The number of carbonyl (C=O) groups excluding carboxylic acids is 1. The van der Waals surface area contributed by atoms with Crippen LogP contribution in [0.3, 0.4) is 0 Å². The second-order valence-electron chi connectivity index (χ2n) is 4.35. The lowest BCUT2D eigenvalue weighted by molar-refractivity contribution is -0.137. The molecule has 0 aliphatic rings. The molecule has 21 heavy (non-hydrogen) atoms. The zero-order valence-electron chi connectivity index (χ0n) is 12.0. The monoisotopic (exact) mass is 296 g/mol. The molecule has 1 aromatic carbocycles. The molecule has 0 bridgehead atoms. The van der Waals surface area contributed by atoms with Gasteiger partial charge in [-0.3, -0.25) is 14.4 Å². The summed E-state index contributed by atoms with van der Waals surface area (Å²) in [7, 11) is 0. The Morgan fingerprint density at radius 1 is 1.24 bits per heavy atom. The van der Waals surface area contributed by atoms with Crippen LogP contribution >= 0.6 is 0 Å². The third-order valence-corrected chi connectivity index (χ3v) is 2.30. The van der Waals surface area contributed by atoms with E-state index in [4.69, 9.17) is 20.7 Å². The van der Waals surface area contributed by atoms with E-state index in [0.717, 1.165) is 12.5 Å². The summed E-state index contributed by atoms with van der Waals surface area (Å²) in [5.74, 6) is -1.98. The fraction of sp³-hybridized carbons (Fsp3) is 0.357. The largest absolute Gasteiger partial charge is 0.481 e. The van der Waals surface area contributed by atoms with Crippen molar-refractivity contribution in [2.45, 2.75) is 32.7 Å². The van der Waals surface area contributed by atoms with E-state index in [0.29, 0.717) is 12.1 Å². The molecule has 0 saturated heterocycles. The predicted octanol–water partition coefficient (Wildman–Crippen LogP) is 1.08. The second kappa shape index (κ2) is 9.49. The van der Waals surface area contributed by atoms with Crippen molar-refractivity contribution < 1.29 is 24.6 Å². The van der Waals surface area contributed by atoms with Crippen LogP contribution in [0, 0.1) is 0 Å². The van der Waals surface area contributed by atoms with Crippen LogP contribution in [-0.4, -0.2) is 34.1 Å². The summed E-state index contributed by atoms with van der Waals surface area (Å²) in [6.07, 6.45) is 0.413. The van der Waals surface area contributed by atoms with Crippen molar-refractivity contribution in [3.63, 3.8) is 0 Å². The first-order valence-corrected chi connectivity index (χ1v) is 6.29. The molecule has 1 rings (SSSR count). The number of carbonyl (C=O) groups is 3. The molecule has 0 aromatic heterocycles. The molecule has 1 amide bonds. The molecule has 116 valence electrons. The molecule has 0 radical (unpaired) electrons. The average Bonchev–Trinajstić information content (AvgIpc) is 2.36. The minimum absolute atomic E-state index is 0.0328. The van der Waals surface area contributed by atoms with Crippen LogP contribution in [0.25, 0.3) is 0 Å². The third-order valence-electron chi connectivity index (χ3n) is 2.30. The standard InChI is InChI=1S/C12H16N2O3.C2H4O2/c1-8(13)12(17)14-10-5-3-2-4-9(10)6-7-11(15)16;1-2(3)4/h2-5,8H,6-7,13H2,1H3,(H,14,17)(H,15,16);1H3,(H,3,4)/t8-;/m0./s1. The van der Waals surface area contributed by atoms with Gasteiger partial charge in [0.05, 0.1) is 6.04 Å². The summed E-state index contributed by atoms with van der Waals surface area (Å²) < 4.78 is 0. The number of hydrogen-bond acceptors (Lipinski definition) is 4. The number of amides is 1. The van der Waals surface area contributed by atoms with Gasteiger partial charge in [-0.05, 0) is 25.0 Å². The summed E-state index contributed by atoms with van der Waals surface area (Å²) in [6, 6.07) is 6.51. The van der Waals surface area contributed by atoms with Gasteiger partial charge in [-0.15, -0.1) is 0 Å². The van der Waals surface area contributed by atoms with Crippen molar-refractivity contribution in [1.29, 1.82) is 0 Å². The van der Waals surface area contributed by atoms with Gasteiger partial charge in [0.2, 0.25) is 5.91 Å². The Labute approximate surface area is 122 Å². The molecule has 0 fully saturated rings. The molecule has 5 N–H and O–H groups in total. The van der Waals surface area contributed by atoms with E-state index in [1.165, 1.54) is 0 Å². The Bertz CT molecular complexity index is 496. The number of nitrogens with one attached hydrogen (secondary N) is 1. The Morgan fingerprint density at radius 3 is 2.24 bits per heavy atom. The molecule has 7 heteroatoms. The quantitative estimate of drug-likeness (QED) is 0.643. The van der Waals surface area contributed by atoms with Crippen molar-refractivity contribution in [3.05, 3.63) is 29.8 Å². The number of aryl methyl sites for hydroxylation is 1. The van der Waals surface area contributed by atoms with E-state index in [2.05, 4.69) is 5.32 Å². The first-order chi connectivity index (χ1) is 9.73. The number of hydrogen-bond donors (Lipinski definition) is 4. The van der Waals surface area contributed by atoms with Gasteiger partial charge >= 0.3 is 5.97 Å². The predicted molar refractivity (Wildman–Crippen MR) is 78.0 cm³/mol. The van der Waals surface area contributed by atoms with Crippen molar-refractivity contribution in [3.8, 4) is 0 Å². The van der Waals surface area contributed by atoms with Crippen LogP contribution in [0.2, 0.25) is 0 Å². The smallest absolute Gasteiger partial charge is 0.303 e. The molecular weight excluding hydrogens is 276 g/mol. The van der Waals surface area contributed by atoms with Gasteiger partial charge in [0.1, 0.15) is 0 Å². The number of carboxylic acids is 2. The lowest BCUT2D eigenvalue weighted by Gasteiger charge is -2.11. The number of carboxylic acid groups (broad SMARTS) is 2. The summed E-state index contributed by atoms with van der Waals surface area (Å²) >= 11 is 0. The highest BCUT2D eigenvalue weighted by atomic mass is 16.4. The molecule has 0 aliphatic heterocycles. The number of benzene rings is 1. The highest BCUT2D eigenvalue weighted by molar-refractivity contribution is 5.95. The number of anilines is 1. The maximum atomic E-state index is 11.5. The van der Waals surface area contributed by atoms with Gasteiger partial charge in [-0.25, -0.2) is 0 Å². The van der Waals surface area contributed by atoms with Gasteiger partial charge < -0.3 is 21.3 Å². The fourth-order valence-corrected chi connectivity index (χ4v) is 1.35. The van der Waals surface area contributed by atoms with E-state index < -0.39 is 18.0 Å². The maximum absolute atomic E-state index is 11.5. The van der Waals surface area contributed by atoms with Gasteiger partial charge in [-0.1, -0.05) is 18.2 Å². The molecule has 7 nitrogen and oxygen atoms in total. The number of nitrogens with two attached hydrogens (primary N) is 1. The normalized spacial score (nSPS) is 10.8. The first kappa shape index (κ1) is 18.6. The Kier molecular flexibility index (Phi) is 8.40. The van der Waals surface area contributed by atoms with Crippen molar-refractivity contribution in [2.75, 3.05) is 5.32 Å². The van der Waals surface area contributed by atoms with E-state index in [1.807, 2.05) is 0 Å². The van der Waals surface area contributed by atoms with Gasteiger partial charge in [0.25, 0.3) is 5.97 Å². The topological polar surface area (TPSA) is 130 Å². The highest BCUT2D eigenvalue weighted by Crippen LogP contribution is 2.16. The lowest BCUT2D eigenvalue weighted by atomic mass is 10.1. The van der Waals surface area contributed by atoms with E-state index in [-0.39, 0.29) is 12.3 Å². The van der Waals surface area contributed by atoms with Gasteiger partial charge in [0, 0.05) is 19.0 Å². The average molecular weight is 296 g/mol. The summed E-state index contributed by atoms with van der Waals surface area (Å²) in [4.78, 5) is 31.0. The summed E-state index contributed by atoms with van der Waals surface area (Å²) in [5.41, 5.74) is 6.87. The Balaban J connectivity index is 0.000000885. The van der Waals surface area contributed by atoms with Crippen LogP contribution in [0.5, 0.6) is 0 Å². The molecule has 1 aromatic rings. The number of aliphatic carboxylic acids is 2. The van der Waals surface area contributed by atoms with Crippen molar-refractivity contribution >= 4 is 23.5 Å². The van der Waals surface area contributed by atoms with Crippen LogP contribution < -0.4 is 11.1 Å².